The number of hydrogen-bond donors (Lipinski definition) is 2. The van der Waals surface area contributed by atoms with Gasteiger partial charge in [-0.05, 0) is 30.3 Å². The first-order valence-electron chi connectivity index (χ1n) is 9.50. The molecular weight excluding hydrogens is 459 g/mol. The number of benzene rings is 2. The van der Waals surface area contributed by atoms with Gasteiger partial charge in [0.1, 0.15) is 12.3 Å². The van der Waals surface area contributed by atoms with Gasteiger partial charge >= 0.3 is 11.0 Å². The average Bonchev–Trinajstić information content (AvgIpc) is 3.29. The number of halogens is 3. The van der Waals surface area contributed by atoms with Crippen molar-refractivity contribution in [3.8, 4) is 11.6 Å². The predicted octanol–water partition coefficient (Wildman–Crippen LogP) is 4.54. The van der Waals surface area contributed by atoms with E-state index in [1.54, 1.807) is 12.3 Å². The molecule has 1 amide bonds. The van der Waals surface area contributed by atoms with Crippen LogP contribution in [-0.2, 0) is 17.5 Å². The first-order chi connectivity index (χ1) is 15.7. The molecular formula is C22H16F3N3O4S. The Labute approximate surface area is 189 Å². The van der Waals surface area contributed by atoms with Crippen LogP contribution < -0.4 is 14.9 Å². The number of nitrogens with zero attached hydrogens (tertiary/aromatic N) is 2. The maximum Gasteiger partial charge on any atom is 0.416 e. The highest BCUT2D eigenvalue weighted by Gasteiger charge is 2.31. The molecule has 4 rings (SSSR count). The number of methoxy groups -OCH3 is 1. The number of ether oxygens (including phenoxy) is 1. The van der Waals surface area contributed by atoms with Crippen molar-refractivity contribution in [3.63, 3.8) is 0 Å². The molecule has 33 heavy (non-hydrogen) atoms. The number of rotatable bonds is 5. The average molecular weight is 475 g/mol. The van der Waals surface area contributed by atoms with Gasteiger partial charge in [0, 0.05) is 17.4 Å². The molecule has 2 heterocycles. The summed E-state index contributed by atoms with van der Waals surface area (Å²) in [5, 5.41) is 12.8. The first kappa shape index (κ1) is 22.3. The summed E-state index contributed by atoms with van der Waals surface area (Å²) in [6, 6.07) is 9.99. The molecule has 2 N–H and O–H groups in total. The number of alkyl halides is 3. The number of aromatic nitrogens is 1. The Bertz CT molecular complexity index is 1360. The fourth-order valence-electron chi connectivity index (χ4n) is 3.26. The van der Waals surface area contributed by atoms with E-state index >= 15 is 0 Å². The molecule has 170 valence electrons. The van der Waals surface area contributed by atoms with E-state index in [1.807, 2.05) is 24.3 Å². The number of para-hydroxylation sites is 1. The lowest BCUT2D eigenvalue weighted by molar-refractivity contribution is -0.137. The summed E-state index contributed by atoms with van der Waals surface area (Å²) in [5.41, 5.74) is 1.10. The quantitative estimate of drug-likeness (QED) is 0.567. The van der Waals surface area contributed by atoms with Crippen LogP contribution in [0.3, 0.4) is 0 Å². The molecule has 2 aromatic carbocycles. The molecule has 0 saturated heterocycles. The number of aliphatic imine (C=N–C) groups is 1. The van der Waals surface area contributed by atoms with Crippen molar-refractivity contribution >= 4 is 46.5 Å². The minimum Gasteiger partial charge on any atom is -0.495 e. The maximum absolute atomic E-state index is 13.0. The summed E-state index contributed by atoms with van der Waals surface area (Å²) < 4.78 is 44.9. The zero-order valence-electron chi connectivity index (χ0n) is 17.0. The second-order valence-corrected chi connectivity index (χ2v) is 7.97. The van der Waals surface area contributed by atoms with E-state index in [4.69, 9.17) is 4.74 Å². The number of fused-ring (bicyclic) bond motifs is 1. The Balaban J connectivity index is 1.57. The predicted molar refractivity (Wildman–Crippen MR) is 119 cm³/mol. The number of carbonyl (C=O) groups is 1. The molecule has 0 atom stereocenters. The molecule has 0 aliphatic carbocycles. The Kier molecular flexibility index (Phi) is 5.81. The zero-order valence-corrected chi connectivity index (χ0v) is 17.8. The van der Waals surface area contributed by atoms with Gasteiger partial charge < -0.3 is 15.2 Å². The number of hydrogen-bond acceptors (Lipinski definition) is 6. The van der Waals surface area contributed by atoms with Gasteiger partial charge in [-0.25, -0.2) is 0 Å². The molecule has 1 aliphatic rings. The highest BCUT2D eigenvalue weighted by molar-refractivity contribution is 7.10. The van der Waals surface area contributed by atoms with Crippen LogP contribution in [0.2, 0.25) is 0 Å². The lowest BCUT2D eigenvalue weighted by Crippen LogP contribution is -2.24. The standard InChI is InChI=1S/C22H16F3N3O4S/c1-32-17-7-6-13(22(23,24)25)9-16(17)27-19(29)11-28-20(30)18(33-21(28)31)8-12-10-26-15-5-3-2-4-14(12)15/h2-10,30H,11H2,1H3,(H,27,29)/b12-8+. The summed E-state index contributed by atoms with van der Waals surface area (Å²) in [6.07, 6.45) is -1.43. The van der Waals surface area contributed by atoms with Gasteiger partial charge in [-0.2, -0.15) is 13.2 Å². The van der Waals surface area contributed by atoms with Crippen LogP contribution in [0.25, 0.3) is 11.6 Å². The normalized spacial score (nSPS) is 13.9. The monoisotopic (exact) mass is 475 g/mol. The minimum atomic E-state index is -4.61. The smallest absolute Gasteiger partial charge is 0.416 e. The number of carbonyl (C=O) groups excluding carboxylic acids is 1. The van der Waals surface area contributed by atoms with Crippen molar-refractivity contribution in [2.45, 2.75) is 12.7 Å². The molecule has 0 radical (unpaired) electrons. The number of thiazole rings is 1. The van der Waals surface area contributed by atoms with Crippen LogP contribution in [0, 0.1) is 0 Å². The molecule has 1 aliphatic heterocycles. The largest absolute Gasteiger partial charge is 0.495 e. The molecule has 0 saturated carbocycles. The molecule has 0 bridgehead atoms. The van der Waals surface area contributed by atoms with E-state index in [2.05, 4.69) is 10.3 Å². The topological polar surface area (TPSA) is 92.9 Å². The third kappa shape index (κ3) is 4.53. The highest BCUT2D eigenvalue weighted by Crippen LogP contribution is 2.36. The van der Waals surface area contributed by atoms with Gasteiger partial charge in [0.05, 0.1) is 28.9 Å². The number of allylic oxidation sites excluding steroid dienone is 1. The van der Waals surface area contributed by atoms with Crippen molar-refractivity contribution in [1.82, 2.24) is 4.57 Å². The Morgan fingerprint density at radius 2 is 2.03 bits per heavy atom. The summed E-state index contributed by atoms with van der Waals surface area (Å²) in [6.45, 7) is -0.603. The summed E-state index contributed by atoms with van der Waals surface area (Å²) >= 11 is 0.730. The number of nitrogens with one attached hydrogen (secondary N) is 1. The van der Waals surface area contributed by atoms with Crippen molar-refractivity contribution < 1.29 is 27.8 Å². The summed E-state index contributed by atoms with van der Waals surface area (Å²) in [4.78, 5) is 28.7. The van der Waals surface area contributed by atoms with Gasteiger partial charge in [-0.15, -0.1) is 0 Å². The van der Waals surface area contributed by atoms with E-state index < -0.39 is 34.9 Å². The van der Waals surface area contributed by atoms with Crippen molar-refractivity contribution in [2.24, 2.45) is 4.99 Å². The van der Waals surface area contributed by atoms with Gasteiger partial charge in [0.15, 0.2) is 0 Å². The van der Waals surface area contributed by atoms with Crippen molar-refractivity contribution in [2.75, 3.05) is 12.4 Å². The summed E-state index contributed by atoms with van der Waals surface area (Å²) in [5.74, 6) is -1.22. The third-order valence-electron chi connectivity index (χ3n) is 4.84. The fraction of sp³-hybridized carbons (Fsp3) is 0.136. The van der Waals surface area contributed by atoms with Gasteiger partial charge in [-0.1, -0.05) is 29.5 Å². The van der Waals surface area contributed by atoms with Crippen molar-refractivity contribution in [1.29, 1.82) is 0 Å². The summed E-state index contributed by atoms with van der Waals surface area (Å²) in [7, 11) is 1.25. The van der Waals surface area contributed by atoms with Crippen LogP contribution in [-0.4, -0.2) is 28.9 Å². The second kappa shape index (κ2) is 8.58. The van der Waals surface area contributed by atoms with Crippen LogP contribution in [0.15, 0.2) is 52.3 Å². The Morgan fingerprint density at radius 3 is 2.76 bits per heavy atom. The first-order valence-corrected chi connectivity index (χ1v) is 10.3. The van der Waals surface area contributed by atoms with Crippen LogP contribution in [0.5, 0.6) is 11.6 Å². The lowest BCUT2D eigenvalue weighted by Gasteiger charge is -2.14. The molecule has 0 fully saturated rings. The van der Waals surface area contributed by atoms with Crippen molar-refractivity contribution in [3.05, 3.63) is 68.1 Å². The third-order valence-corrected chi connectivity index (χ3v) is 5.76. The maximum atomic E-state index is 13.0. The van der Waals surface area contributed by atoms with E-state index in [0.29, 0.717) is 5.57 Å². The highest BCUT2D eigenvalue weighted by atomic mass is 32.1. The van der Waals surface area contributed by atoms with Gasteiger partial charge in [0.25, 0.3) is 0 Å². The Hall–Kier alpha value is -3.86. The zero-order chi connectivity index (χ0) is 23.8. The lowest BCUT2D eigenvalue weighted by atomic mass is 10.1. The molecule has 3 aromatic rings. The molecule has 11 heteroatoms. The van der Waals surface area contributed by atoms with E-state index in [9.17, 15) is 27.9 Å². The molecule has 0 unspecified atom stereocenters. The van der Waals surface area contributed by atoms with E-state index in [1.165, 1.54) is 7.11 Å². The van der Waals surface area contributed by atoms with Crippen LogP contribution in [0.4, 0.5) is 24.5 Å². The minimum absolute atomic E-state index is 0.0165. The number of anilines is 1. The number of aromatic hydroxyl groups is 1. The molecule has 0 spiro atoms. The fourth-order valence-corrected chi connectivity index (χ4v) is 4.09. The van der Waals surface area contributed by atoms with E-state index in [-0.39, 0.29) is 16.3 Å². The molecule has 1 aromatic heterocycles. The SMILES string of the molecule is COc1ccc(C(F)(F)F)cc1NC(=O)Cn1c(O)c(/C=C2\C=Nc3ccccc32)sc1=O. The van der Waals surface area contributed by atoms with Gasteiger partial charge in [-0.3, -0.25) is 19.1 Å². The van der Waals surface area contributed by atoms with Gasteiger partial charge in [0.2, 0.25) is 11.8 Å². The van der Waals surface area contributed by atoms with Crippen LogP contribution in [0.1, 0.15) is 16.0 Å². The second-order valence-electron chi connectivity index (χ2n) is 6.98. The van der Waals surface area contributed by atoms with E-state index in [0.717, 1.165) is 45.4 Å². The molecule has 7 nitrogen and oxygen atoms in total. The van der Waals surface area contributed by atoms with Crippen LogP contribution >= 0.6 is 11.3 Å². The Morgan fingerprint density at radius 1 is 1.27 bits per heavy atom. The number of amides is 1.